The van der Waals surface area contributed by atoms with Crippen LogP contribution in [-0.2, 0) is 4.74 Å². The van der Waals surface area contributed by atoms with Crippen molar-refractivity contribution in [3.63, 3.8) is 0 Å². The lowest BCUT2D eigenvalue weighted by atomic mass is 10.1. The fraction of sp³-hybridized carbons (Fsp3) is 0.421. The molecule has 2 aliphatic rings. The van der Waals surface area contributed by atoms with Crippen molar-refractivity contribution in [1.29, 1.82) is 0 Å². The average Bonchev–Trinajstić information content (AvgIpc) is 3.17. The molecule has 1 aromatic heterocycles. The van der Waals surface area contributed by atoms with E-state index >= 15 is 0 Å². The first-order valence-electron chi connectivity index (χ1n) is 8.68. The summed E-state index contributed by atoms with van der Waals surface area (Å²) in [5, 5.41) is 0.401. The van der Waals surface area contributed by atoms with E-state index in [4.69, 9.17) is 16.3 Å². The fourth-order valence-electron chi connectivity index (χ4n) is 3.71. The van der Waals surface area contributed by atoms with E-state index in [-0.39, 0.29) is 17.6 Å². The third kappa shape index (κ3) is 2.60. The molecule has 1 saturated heterocycles. The van der Waals surface area contributed by atoms with Gasteiger partial charge in [-0.15, -0.1) is 0 Å². The van der Waals surface area contributed by atoms with Crippen LogP contribution in [-0.4, -0.2) is 38.5 Å². The van der Waals surface area contributed by atoms with Crippen LogP contribution in [0.4, 0.5) is 0 Å². The summed E-state index contributed by atoms with van der Waals surface area (Å²) in [7, 11) is 0. The van der Waals surface area contributed by atoms with Gasteiger partial charge < -0.3 is 9.64 Å². The number of amides is 1. The molecular weight excluding hydrogens is 354 g/mol. The zero-order chi connectivity index (χ0) is 18.6. The van der Waals surface area contributed by atoms with Gasteiger partial charge in [-0.1, -0.05) is 17.7 Å². The number of rotatable bonds is 1. The Morgan fingerprint density at radius 3 is 2.85 bits per heavy atom. The van der Waals surface area contributed by atoms with E-state index < -0.39 is 11.6 Å². The van der Waals surface area contributed by atoms with Crippen LogP contribution < -0.4 is 0 Å². The number of halogens is 1. The second kappa shape index (κ2) is 5.84. The number of carbonyl (C=O) groups excluding carboxylic acids is 2. The van der Waals surface area contributed by atoms with Crippen molar-refractivity contribution in [3.8, 4) is 5.69 Å². The first kappa shape index (κ1) is 17.1. The van der Waals surface area contributed by atoms with Crippen LogP contribution in [0.1, 0.15) is 66.2 Å². The first-order valence-corrected chi connectivity index (χ1v) is 9.06. The van der Waals surface area contributed by atoms with Crippen LogP contribution in [0.5, 0.6) is 0 Å². The average molecular weight is 374 g/mol. The van der Waals surface area contributed by atoms with Gasteiger partial charge in [-0.2, -0.15) is 0 Å². The summed E-state index contributed by atoms with van der Waals surface area (Å²) >= 11 is 6.35. The third-order valence-corrected chi connectivity index (χ3v) is 5.01. The highest BCUT2D eigenvalue weighted by Gasteiger charge is 2.41. The Morgan fingerprint density at radius 2 is 2.12 bits per heavy atom. The highest BCUT2D eigenvalue weighted by molar-refractivity contribution is 6.34. The molecule has 1 atom stereocenters. The van der Waals surface area contributed by atoms with Crippen LogP contribution >= 0.6 is 11.6 Å². The molecule has 7 heteroatoms. The van der Waals surface area contributed by atoms with Crippen molar-refractivity contribution in [2.75, 3.05) is 6.54 Å². The van der Waals surface area contributed by atoms with Crippen LogP contribution in [0.3, 0.4) is 0 Å². The van der Waals surface area contributed by atoms with E-state index in [9.17, 15) is 9.59 Å². The minimum Gasteiger partial charge on any atom is -0.455 e. The highest BCUT2D eigenvalue weighted by atomic mass is 35.5. The summed E-state index contributed by atoms with van der Waals surface area (Å²) < 4.78 is 7.35. The second-order valence-corrected chi connectivity index (χ2v) is 8.05. The zero-order valence-electron chi connectivity index (χ0n) is 15.0. The van der Waals surface area contributed by atoms with E-state index in [0.29, 0.717) is 28.5 Å². The molecule has 3 heterocycles. The largest absolute Gasteiger partial charge is 0.455 e. The maximum absolute atomic E-state index is 13.1. The standard InChI is InChI=1S/C19H20ClN3O3/c1-19(2,3)26-18(25)15-16-13-8-5-9-22(13)17(24)14-11(20)6-4-7-12(14)23(16)10-21-15/h4,6-7,10,13H,5,8-9H2,1-3H3. The molecule has 26 heavy (non-hydrogen) atoms. The number of ether oxygens (including phenoxy) is 1. The Morgan fingerprint density at radius 1 is 1.35 bits per heavy atom. The quantitative estimate of drug-likeness (QED) is 0.714. The van der Waals surface area contributed by atoms with Gasteiger partial charge in [0.25, 0.3) is 5.91 Å². The topological polar surface area (TPSA) is 64.4 Å². The molecule has 6 nitrogen and oxygen atoms in total. The van der Waals surface area contributed by atoms with Gasteiger partial charge in [-0.3, -0.25) is 9.36 Å². The van der Waals surface area contributed by atoms with Gasteiger partial charge in [-0.05, 0) is 45.7 Å². The first-order chi connectivity index (χ1) is 12.3. The zero-order valence-corrected chi connectivity index (χ0v) is 15.7. The van der Waals surface area contributed by atoms with Gasteiger partial charge in [0.15, 0.2) is 5.69 Å². The molecule has 1 fully saturated rings. The van der Waals surface area contributed by atoms with Gasteiger partial charge in [-0.25, -0.2) is 9.78 Å². The Balaban J connectivity index is 1.93. The molecule has 0 aliphatic carbocycles. The van der Waals surface area contributed by atoms with Crippen molar-refractivity contribution in [3.05, 3.63) is 46.5 Å². The number of esters is 1. The van der Waals surface area contributed by atoms with Crippen molar-refractivity contribution in [2.24, 2.45) is 0 Å². The van der Waals surface area contributed by atoms with Crippen LogP contribution in [0, 0.1) is 0 Å². The number of aromatic nitrogens is 2. The molecule has 0 bridgehead atoms. The normalized spacial score (nSPS) is 18.8. The van der Waals surface area contributed by atoms with Crippen LogP contribution in [0.15, 0.2) is 24.5 Å². The number of imidazole rings is 1. The van der Waals surface area contributed by atoms with Crippen LogP contribution in [0.25, 0.3) is 5.69 Å². The monoisotopic (exact) mass is 373 g/mol. The maximum atomic E-state index is 13.1. The SMILES string of the molecule is CC(C)(C)OC(=O)c1ncn2c1C1CCCN1C(=O)c1c(Cl)cccc1-2. The summed E-state index contributed by atoms with van der Waals surface area (Å²) in [6, 6.07) is 5.11. The molecule has 0 N–H and O–H groups in total. The number of hydrogen-bond donors (Lipinski definition) is 0. The van der Waals surface area contributed by atoms with Gasteiger partial charge in [0, 0.05) is 6.54 Å². The van der Waals surface area contributed by atoms with Crippen LogP contribution in [0.2, 0.25) is 5.02 Å². The Kier molecular flexibility index (Phi) is 3.84. The van der Waals surface area contributed by atoms with E-state index in [1.165, 1.54) is 0 Å². The van der Waals surface area contributed by atoms with Gasteiger partial charge >= 0.3 is 5.97 Å². The Labute approximate surface area is 156 Å². The van der Waals surface area contributed by atoms with E-state index in [0.717, 1.165) is 12.8 Å². The molecular formula is C19H20ClN3O3. The summed E-state index contributed by atoms with van der Waals surface area (Å²) in [4.78, 5) is 32.0. The van der Waals surface area contributed by atoms with E-state index in [1.54, 1.807) is 23.4 Å². The predicted octanol–water partition coefficient (Wildman–Crippen LogP) is 3.77. The molecule has 0 radical (unpaired) electrons. The van der Waals surface area contributed by atoms with Crippen molar-refractivity contribution in [2.45, 2.75) is 45.3 Å². The van der Waals surface area contributed by atoms with Crippen molar-refractivity contribution >= 4 is 23.5 Å². The molecule has 1 unspecified atom stereocenters. The molecule has 1 aromatic carbocycles. The lowest BCUT2D eigenvalue weighted by Crippen LogP contribution is -2.31. The summed E-state index contributed by atoms with van der Waals surface area (Å²) in [5.41, 5.74) is 1.44. The number of benzene rings is 1. The summed E-state index contributed by atoms with van der Waals surface area (Å²) in [6.45, 7) is 6.09. The summed E-state index contributed by atoms with van der Waals surface area (Å²) in [6.07, 6.45) is 3.23. The number of fused-ring (bicyclic) bond motifs is 5. The number of hydrogen-bond acceptors (Lipinski definition) is 4. The van der Waals surface area contributed by atoms with Gasteiger partial charge in [0.05, 0.1) is 28.0 Å². The Hall–Kier alpha value is -2.34. The maximum Gasteiger partial charge on any atom is 0.359 e. The van der Waals surface area contributed by atoms with Gasteiger partial charge in [0.2, 0.25) is 0 Å². The smallest absolute Gasteiger partial charge is 0.359 e. The second-order valence-electron chi connectivity index (χ2n) is 7.64. The molecule has 0 spiro atoms. The highest BCUT2D eigenvalue weighted by Crippen LogP contribution is 2.41. The predicted molar refractivity (Wildman–Crippen MR) is 96.8 cm³/mol. The molecule has 4 rings (SSSR count). The van der Waals surface area contributed by atoms with Gasteiger partial charge in [0.1, 0.15) is 11.9 Å². The Bertz CT molecular complexity index is 913. The number of nitrogens with zero attached hydrogens (tertiary/aromatic N) is 3. The minimum atomic E-state index is -0.620. The van der Waals surface area contributed by atoms with E-state index in [1.807, 2.05) is 31.4 Å². The fourth-order valence-corrected chi connectivity index (χ4v) is 3.97. The lowest BCUT2D eigenvalue weighted by molar-refractivity contribution is 0.00596. The number of carbonyl (C=O) groups is 2. The third-order valence-electron chi connectivity index (χ3n) is 4.69. The minimum absolute atomic E-state index is 0.105. The molecule has 136 valence electrons. The van der Waals surface area contributed by atoms with Crippen molar-refractivity contribution in [1.82, 2.24) is 14.5 Å². The molecule has 1 amide bonds. The molecule has 2 aliphatic heterocycles. The molecule has 0 saturated carbocycles. The summed E-state index contributed by atoms with van der Waals surface area (Å²) in [5.74, 6) is -0.581. The van der Waals surface area contributed by atoms with E-state index in [2.05, 4.69) is 4.98 Å². The molecule has 2 aromatic rings. The van der Waals surface area contributed by atoms with Crippen molar-refractivity contribution < 1.29 is 14.3 Å². The lowest BCUT2D eigenvalue weighted by Gasteiger charge is -2.24.